The molecule has 16 aliphatic carbocycles. The molecule has 766 valence electrons. The van der Waals surface area contributed by atoms with E-state index in [4.69, 9.17) is 57.6 Å². The summed E-state index contributed by atoms with van der Waals surface area (Å²) in [6.45, 7) is 25.8. The molecular formula is C121H157N13O10. The molecule has 4 aromatic heterocycles. The normalized spacial score (nSPS) is 36.3. The number of fused-ring (bicyclic) bond motifs is 24. The van der Waals surface area contributed by atoms with Gasteiger partial charge in [-0.05, 0) is 328 Å². The predicted molar refractivity (Wildman–Crippen MR) is 567 cm³/mol. The molecule has 8 aromatic rings. The van der Waals surface area contributed by atoms with E-state index in [1.165, 1.54) is 125 Å². The summed E-state index contributed by atoms with van der Waals surface area (Å²) >= 11 is 0. The van der Waals surface area contributed by atoms with Crippen LogP contribution in [0.25, 0.3) is 66.9 Å². The molecule has 16 unspecified atom stereocenters. The van der Waals surface area contributed by atoms with Crippen molar-refractivity contribution in [2.45, 2.75) is 311 Å². The zero-order valence-electron chi connectivity index (χ0n) is 87.0. The molecule has 24 rings (SSSR count). The maximum Gasteiger partial charge on any atom is 0.324 e. The summed E-state index contributed by atoms with van der Waals surface area (Å²) in [4.78, 5) is 79.3. The number of carboxylic acids is 1. The number of benzene rings is 4. The number of carbonyl (C=O) groups excluding carboxylic acids is 4. The Morgan fingerprint density at radius 2 is 0.625 bits per heavy atom. The second-order valence-corrected chi connectivity index (χ2v) is 49.0. The van der Waals surface area contributed by atoms with E-state index in [0.29, 0.717) is 84.0 Å². The van der Waals surface area contributed by atoms with Gasteiger partial charge in [-0.1, -0.05) is 189 Å². The van der Waals surface area contributed by atoms with Gasteiger partial charge < -0.3 is 71.0 Å². The fourth-order valence-electron chi connectivity index (χ4n) is 33.2. The molecule has 0 spiro atoms. The minimum absolute atomic E-state index is 0.0000493. The van der Waals surface area contributed by atoms with Crippen LogP contribution in [0.15, 0.2) is 193 Å². The topological polar surface area (TPSA) is 344 Å². The van der Waals surface area contributed by atoms with Crippen LogP contribution in [0.5, 0.6) is 0 Å². The van der Waals surface area contributed by atoms with Gasteiger partial charge in [0.2, 0.25) is 0 Å². The Morgan fingerprint density at radius 1 is 0.354 bits per heavy atom. The van der Waals surface area contributed by atoms with Gasteiger partial charge in [0.1, 0.15) is 67.9 Å². The van der Waals surface area contributed by atoms with Crippen molar-refractivity contribution >= 4 is 96.8 Å². The first-order valence-corrected chi connectivity index (χ1v) is 55.2. The number of nitrogens with zero attached hydrogens (tertiary/aromatic N) is 8. The van der Waals surface area contributed by atoms with Crippen LogP contribution in [0.2, 0.25) is 0 Å². The smallest absolute Gasteiger partial charge is 0.324 e. The molecule has 23 heteroatoms. The number of esters is 4. The Hall–Kier alpha value is -10.2. The molecule has 4 heterocycles. The Kier molecular flexibility index (Phi) is 26.9. The van der Waals surface area contributed by atoms with Gasteiger partial charge in [-0.25, -0.2) is 19.9 Å². The van der Waals surface area contributed by atoms with E-state index in [1.807, 2.05) is 45.2 Å². The van der Waals surface area contributed by atoms with Crippen LogP contribution in [0, 0.1) is 126 Å². The van der Waals surface area contributed by atoms with Gasteiger partial charge in [-0.2, -0.15) is 0 Å². The van der Waals surface area contributed by atoms with Gasteiger partial charge in [0, 0.05) is 70.1 Å². The SMILES string of the molecule is CC(C(=O)O)C(N)C(=O)O[C@H]1CC[C@@]2(C)C(=CCC3C2CC[C@]2(C)C(n4cnc5ccccc54)=CCC32)C1.CC(C)C(N)C(=O)O[C@H]1CC[C@@]2(C)C(=CCC3C2CC[C@]2(C)C(n4cnc5ccccc54)=CCC32)C1.C[C@]12CC[C@H](OC(=O)C(N)CCCN)CC1=CCC1C2CC[C@]2(C)C(n3cnc4ccccc43)=CCC12.C[C@]12CC[C@H](OC(=O)CN)CC1=CCC1C2CC[C@]2(C)C(n3cnc4ccccc43)=CCC12. The highest BCUT2D eigenvalue weighted by Gasteiger charge is 2.64. The van der Waals surface area contributed by atoms with E-state index < -0.39 is 36.0 Å². The molecule has 0 radical (unpaired) electrons. The highest BCUT2D eigenvalue weighted by molar-refractivity contribution is 5.86. The Bertz CT molecular complexity index is 6530. The fraction of sp³-hybridized carbons (Fsp3) is 0.595. The van der Waals surface area contributed by atoms with Gasteiger partial charge in [-0.3, -0.25) is 24.0 Å². The molecule has 16 aliphatic rings. The molecule has 8 fully saturated rings. The number of imidazole rings is 4. The summed E-state index contributed by atoms with van der Waals surface area (Å²) in [5.74, 6) is 4.77. The first-order chi connectivity index (χ1) is 69.1. The first kappa shape index (κ1) is 99.8. The summed E-state index contributed by atoms with van der Waals surface area (Å²) in [5.41, 5.74) is 51.4. The number of aliphatic carboxylic acids is 1. The van der Waals surface area contributed by atoms with Gasteiger partial charge in [0.25, 0.3) is 0 Å². The van der Waals surface area contributed by atoms with Crippen LogP contribution in [-0.4, -0.2) is 129 Å². The lowest BCUT2D eigenvalue weighted by Crippen LogP contribution is -2.50. The van der Waals surface area contributed by atoms with Crippen molar-refractivity contribution in [2.75, 3.05) is 13.1 Å². The lowest BCUT2D eigenvalue weighted by atomic mass is 9.47. The highest BCUT2D eigenvalue weighted by atomic mass is 16.6. The summed E-state index contributed by atoms with van der Waals surface area (Å²) in [5, 5.41) is 9.20. The molecule has 11 N–H and O–H groups in total. The Balaban J connectivity index is 0.000000113. The number of rotatable bonds is 18. The Labute approximate surface area is 850 Å². The van der Waals surface area contributed by atoms with Crippen LogP contribution in [0.1, 0.15) is 269 Å². The largest absolute Gasteiger partial charge is 0.481 e. The summed E-state index contributed by atoms with van der Waals surface area (Å²) in [7, 11) is 0. The zero-order chi connectivity index (χ0) is 101. The van der Waals surface area contributed by atoms with Crippen molar-refractivity contribution in [3.63, 3.8) is 0 Å². The molecule has 0 aliphatic heterocycles. The van der Waals surface area contributed by atoms with Gasteiger partial charge in [0.15, 0.2) is 0 Å². The van der Waals surface area contributed by atoms with E-state index in [2.05, 4.69) is 223 Å². The third-order valence-corrected chi connectivity index (χ3v) is 41.8. The van der Waals surface area contributed by atoms with E-state index in [-0.39, 0.29) is 98.1 Å². The number of carboxylic acid groups (broad SMARTS) is 1. The van der Waals surface area contributed by atoms with E-state index in [9.17, 15) is 29.1 Å². The number of aromatic nitrogens is 8. The number of allylic oxidation sites excluding steroid dienone is 12. The number of para-hydroxylation sites is 8. The standard InChI is InChI=1S/C31H42N4O2.C31H39N3O4.C31H41N3O2.C28H35N3O2/c1-30-15-13-21(37-29(36)25(33)6-5-17-32)18-20(30)9-10-22-23-11-12-28(31(23,2)16-14-24(22)30)35-19-34-26-7-3-4-8-27(26)35;1-18(28(35)36)27(32)29(37)38-20-12-14-30(2)19(16-20)8-9-21-22-10-11-26(31(22,3)15-13-23(21)30)34-17-33-24-6-4-5-7-25(24)34;1-19(2)28(32)29(35)36-21-13-15-30(3)20(17-21)9-10-22-23-11-12-27(31(23,4)16-14-24(22)30)34-18-33-25-7-5-6-8-26(25)34;1-27-13-11-19(33-26(32)16-29)15-18(27)7-8-20-21-9-10-25(28(21,2)14-12-22(20)27)31-17-30-23-5-3-4-6-24(23)31/h3-4,7-9,12,19,21-25H,5-6,10-11,13-18,32-33H2,1-2H3;4-8,11,17-18,20-23,27H,9-10,12-16,32H2,1-3H3,(H,35,36);5-9,12,18-19,21-24,28H,10-11,13-17,32H2,1-4H3;3-7,10,17,19-22H,8-9,11-16,29H2,1-2H3/t21-,22?,23?,24?,25?,30-,31-;18?,20-,21?,22?,23?,27?,30-,31-;21-,22?,23?,24?,28?,30-,31-;19-,20?,21?,22?,27-,28-/m0000/s1. The average molecular weight is 1950 g/mol. The lowest BCUT2D eigenvalue weighted by Gasteiger charge is -2.57. The van der Waals surface area contributed by atoms with Crippen molar-refractivity contribution in [1.29, 1.82) is 0 Å². The van der Waals surface area contributed by atoms with Gasteiger partial charge >= 0.3 is 29.8 Å². The molecule has 0 amide bonds. The third-order valence-electron chi connectivity index (χ3n) is 41.8. The van der Waals surface area contributed by atoms with Crippen LogP contribution < -0.4 is 28.7 Å². The van der Waals surface area contributed by atoms with Crippen molar-refractivity contribution in [1.82, 2.24) is 38.2 Å². The van der Waals surface area contributed by atoms with Crippen LogP contribution in [0.3, 0.4) is 0 Å². The number of carbonyl (C=O) groups is 5. The minimum Gasteiger partial charge on any atom is -0.481 e. The highest BCUT2D eigenvalue weighted by Crippen LogP contribution is 2.72. The third kappa shape index (κ3) is 17.0. The van der Waals surface area contributed by atoms with Crippen LogP contribution >= 0.6 is 0 Å². The number of hydrogen-bond donors (Lipinski definition) is 6. The van der Waals surface area contributed by atoms with E-state index in [1.54, 1.807) is 0 Å². The van der Waals surface area contributed by atoms with Crippen molar-refractivity contribution in [3.8, 4) is 0 Å². The van der Waals surface area contributed by atoms with Crippen LogP contribution in [0.4, 0.5) is 0 Å². The van der Waals surface area contributed by atoms with Crippen molar-refractivity contribution in [2.24, 2.45) is 155 Å². The quantitative estimate of drug-likeness (QED) is 0.0264. The van der Waals surface area contributed by atoms with Crippen molar-refractivity contribution < 1.29 is 48.0 Å². The van der Waals surface area contributed by atoms with E-state index in [0.717, 1.165) is 157 Å². The number of hydrogen-bond acceptors (Lipinski definition) is 18. The minimum atomic E-state index is -1.14. The van der Waals surface area contributed by atoms with E-state index >= 15 is 0 Å². The molecule has 23 nitrogen and oxygen atoms in total. The zero-order valence-corrected chi connectivity index (χ0v) is 87.0. The number of nitrogens with two attached hydrogens (primary N) is 5. The maximum atomic E-state index is 12.6. The predicted octanol–water partition coefficient (Wildman–Crippen LogP) is 22.5. The first-order valence-electron chi connectivity index (χ1n) is 55.2. The molecule has 8 saturated carbocycles. The summed E-state index contributed by atoms with van der Waals surface area (Å²) in [6, 6.07) is 31.6. The molecule has 0 saturated heterocycles. The monoisotopic (exact) mass is 1950 g/mol. The number of ether oxygens (including phenoxy) is 4. The molecule has 28 atom stereocenters. The molecule has 0 bridgehead atoms. The molecular weight excluding hydrogens is 1800 g/mol. The second kappa shape index (κ2) is 38.8. The van der Waals surface area contributed by atoms with Gasteiger partial charge in [-0.15, -0.1) is 0 Å². The average Bonchev–Trinajstić information content (AvgIpc) is 1.54. The van der Waals surface area contributed by atoms with Gasteiger partial charge in [0.05, 0.1) is 56.6 Å². The van der Waals surface area contributed by atoms with Crippen molar-refractivity contribution in [3.05, 3.63) is 193 Å². The maximum absolute atomic E-state index is 12.6. The summed E-state index contributed by atoms with van der Waals surface area (Å²) in [6.07, 6.45) is 59.3. The molecule has 144 heavy (non-hydrogen) atoms. The second-order valence-electron chi connectivity index (χ2n) is 49.0. The molecule has 4 aromatic carbocycles. The lowest BCUT2D eigenvalue weighted by molar-refractivity contribution is -0.158. The summed E-state index contributed by atoms with van der Waals surface area (Å²) < 4.78 is 32.6. The Morgan fingerprint density at radius 3 is 0.903 bits per heavy atom. The fourth-order valence-corrected chi connectivity index (χ4v) is 33.2. The van der Waals surface area contributed by atoms with Crippen LogP contribution in [-0.2, 0) is 42.9 Å².